The van der Waals surface area contributed by atoms with Gasteiger partial charge in [-0.15, -0.1) is 0 Å². The van der Waals surface area contributed by atoms with Gasteiger partial charge in [0.05, 0.1) is 12.2 Å². The molecule has 5 rings (SSSR count). The number of pyridine rings is 1. The fraction of sp³-hybridized carbons (Fsp3) is 0.320. The minimum Gasteiger partial charge on any atom is -0.347 e. The van der Waals surface area contributed by atoms with Gasteiger partial charge >= 0.3 is 0 Å². The quantitative estimate of drug-likeness (QED) is 0.0528. The Morgan fingerprint density at radius 1 is 0.770 bits per heavy atom. The van der Waals surface area contributed by atoms with Crippen LogP contribution in [-0.2, 0) is 16.1 Å². The number of aromatic nitrogens is 3. The van der Waals surface area contributed by atoms with Crippen LogP contribution in [0.1, 0.15) is 79.8 Å². The first kappa shape index (κ1) is 45.6. The van der Waals surface area contributed by atoms with Gasteiger partial charge in [0.1, 0.15) is 0 Å². The molecular weight excluding hydrogens is 761 g/mol. The molecule has 1 aliphatic rings. The van der Waals surface area contributed by atoms with Crippen molar-refractivity contribution in [2.45, 2.75) is 71.8 Å². The predicted octanol–water partition coefficient (Wildman–Crippen LogP) is 9.53. The van der Waals surface area contributed by atoms with E-state index in [4.69, 9.17) is 0 Å². The van der Waals surface area contributed by atoms with Crippen LogP contribution in [0.15, 0.2) is 140 Å². The lowest BCUT2D eigenvalue weighted by Crippen LogP contribution is -2.50. The van der Waals surface area contributed by atoms with E-state index in [1.807, 2.05) is 72.5 Å². The van der Waals surface area contributed by atoms with Crippen LogP contribution in [0.4, 0.5) is 17.3 Å². The number of carbonyl (C=O) groups excluding carboxylic acids is 3. The number of piperazine rings is 1. The third kappa shape index (κ3) is 16.6. The number of aryl methyl sites for hydroxylation is 1. The minimum absolute atomic E-state index is 0.0274. The van der Waals surface area contributed by atoms with Crippen molar-refractivity contribution in [2.75, 3.05) is 43.4 Å². The van der Waals surface area contributed by atoms with Gasteiger partial charge in [0.25, 0.3) is 5.91 Å². The van der Waals surface area contributed by atoms with Crippen LogP contribution in [0.25, 0.3) is 11.3 Å². The van der Waals surface area contributed by atoms with Crippen LogP contribution in [0.5, 0.6) is 0 Å². The molecule has 11 heteroatoms. The van der Waals surface area contributed by atoms with Crippen molar-refractivity contribution in [3.8, 4) is 11.3 Å². The zero-order valence-electron chi connectivity index (χ0n) is 35.6. The molecule has 11 nitrogen and oxygen atoms in total. The topological polar surface area (TPSA) is 132 Å². The Balaban J connectivity index is 0.937. The van der Waals surface area contributed by atoms with Gasteiger partial charge in [-0.25, -0.2) is 9.97 Å². The SMILES string of the molecule is CC/C=C\C/C=C\C/C=C\C/C=C\C/C=C\CCCC(=O)NCC(=O)N1CCN(Cc2ccc(C(=O)Nc3ccc(C)c(Nc4nccc(-c5cccnc5)n4)c3)cc2)CC1. The molecule has 1 fully saturated rings. The van der Waals surface area contributed by atoms with Gasteiger partial charge in [0, 0.05) is 80.2 Å². The van der Waals surface area contributed by atoms with E-state index in [2.05, 4.69) is 103 Å². The molecule has 0 radical (unpaired) electrons. The van der Waals surface area contributed by atoms with Gasteiger partial charge in [-0.1, -0.05) is 85.9 Å². The molecule has 3 N–H and O–H groups in total. The van der Waals surface area contributed by atoms with Crippen molar-refractivity contribution < 1.29 is 14.4 Å². The molecule has 1 saturated heterocycles. The van der Waals surface area contributed by atoms with E-state index in [-0.39, 0.29) is 24.3 Å². The highest BCUT2D eigenvalue weighted by Gasteiger charge is 2.21. The van der Waals surface area contributed by atoms with E-state index in [9.17, 15) is 14.4 Å². The first-order valence-electron chi connectivity index (χ1n) is 21.4. The number of allylic oxidation sites excluding steroid dienone is 10. The number of anilines is 3. The lowest BCUT2D eigenvalue weighted by atomic mass is 10.1. The molecule has 0 bridgehead atoms. The number of hydrogen-bond acceptors (Lipinski definition) is 8. The number of rotatable bonds is 22. The number of benzene rings is 2. The van der Waals surface area contributed by atoms with Crippen molar-refractivity contribution in [3.63, 3.8) is 0 Å². The fourth-order valence-corrected chi connectivity index (χ4v) is 6.55. The second kappa shape index (κ2) is 25.9. The largest absolute Gasteiger partial charge is 0.347 e. The molecule has 0 atom stereocenters. The highest BCUT2D eigenvalue weighted by atomic mass is 16.2. The molecule has 61 heavy (non-hydrogen) atoms. The Hall–Kier alpha value is -6.46. The second-order valence-electron chi connectivity index (χ2n) is 14.8. The fourth-order valence-electron chi connectivity index (χ4n) is 6.55. The number of nitrogens with zero attached hydrogens (tertiary/aromatic N) is 5. The molecule has 318 valence electrons. The zero-order chi connectivity index (χ0) is 42.9. The van der Waals surface area contributed by atoms with Gasteiger partial charge in [-0.2, -0.15) is 0 Å². The number of hydrogen-bond donors (Lipinski definition) is 3. The third-order valence-electron chi connectivity index (χ3n) is 10.1. The highest BCUT2D eigenvalue weighted by molar-refractivity contribution is 6.04. The smallest absolute Gasteiger partial charge is 0.255 e. The first-order chi connectivity index (χ1) is 29.9. The van der Waals surface area contributed by atoms with Crippen molar-refractivity contribution in [1.29, 1.82) is 0 Å². The van der Waals surface area contributed by atoms with Crippen molar-refractivity contribution in [2.24, 2.45) is 0 Å². The lowest BCUT2D eigenvalue weighted by molar-refractivity contribution is -0.134. The first-order valence-corrected chi connectivity index (χ1v) is 21.4. The Morgan fingerprint density at radius 3 is 2.13 bits per heavy atom. The Labute approximate surface area is 361 Å². The summed E-state index contributed by atoms with van der Waals surface area (Å²) in [6.07, 6.45) is 33.8. The number of amides is 3. The van der Waals surface area contributed by atoms with Crippen LogP contribution in [0.2, 0.25) is 0 Å². The standard InChI is InChI=1S/C50H60N8O3/c1-3-4-5-6-7-8-9-10-11-12-13-14-15-16-17-18-19-22-47(59)53-38-48(60)58-34-32-57(33-35-58)39-41-24-26-42(27-25-41)49(61)54-44-28-23-40(2)46(36-44)56-50-52-31-29-45(55-50)43-21-20-30-51-37-43/h4-5,7-8,10-11,13-14,16-17,20-21,23-31,36-37H,3,6,9,12,15,18-19,22,32-35,38-39H2,1-2H3,(H,53,59)(H,54,61)(H,52,55,56)/b5-4-,8-7-,11-10-,14-13-,17-16-. The summed E-state index contributed by atoms with van der Waals surface area (Å²) in [7, 11) is 0. The third-order valence-corrected chi connectivity index (χ3v) is 10.1. The zero-order valence-corrected chi connectivity index (χ0v) is 35.6. The Kier molecular flexibility index (Phi) is 19.4. The molecule has 3 amide bonds. The summed E-state index contributed by atoms with van der Waals surface area (Å²) < 4.78 is 0. The molecule has 1 aliphatic heterocycles. The second-order valence-corrected chi connectivity index (χ2v) is 14.8. The maximum Gasteiger partial charge on any atom is 0.255 e. The maximum absolute atomic E-state index is 13.2. The van der Waals surface area contributed by atoms with E-state index >= 15 is 0 Å². The van der Waals surface area contributed by atoms with Crippen LogP contribution in [0, 0.1) is 6.92 Å². The van der Waals surface area contributed by atoms with Gasteiger partial charge in [-0.05, 0) is 105 Å². The molecule has 0 spiro atoms. The normalized spacial score (nSPS) is 13.6. The summed E-state index contributed by atoms with van der Waals surface area (Å²) in [5, 5.41) is 9.09. The van der Waals surface area contributed by atoms with E-state index in [1.165, 1.54) is 0 Å². The average Bonchev–Trinajstić information content (AvgIpc) is 3.28. The summed E-state index contributed by atoms with van der Waals surface area (Å²) in [4.78, 5) is 55.7. The molecule has 0 aliphatic carbocycles. The van der Waals surface area contributed by atoms with E-state index in [1.54, 1.807) is 18.6 Å². The van der Waals surface area contributed by atoms with Crippen LogP contribution in [-0.4, -0.2) is 75.2 Å². The molecule has 2 aromatic heterocycles. The minimum atomic E-state index is -0.208. The molecular formula is C50H60N8O3. The van der Waals surface area contributed by atoms with Crippen LogP contribution in [0.3, 0.4) is 0 Å². The summed E-state index contributed by atoms with van der Waals surface area (Å²) in [5.41, 5.74) is 5.70. The van der Waals surface area contributed by atoms with Crippen LogP contribution >= 0.6 is 0 Å². The lowest BCUT2D eigenvalue weighted by Gasteiger charge is -2.34. The van der Waals surface area contributed by atoms with Gasteiger partial charge in [-0.3, -0.25) is 24.3 Å². The average molecular weight is 821 g/mol. The molecule has 2 aromatic carbocycles. The molecule has 4 aromatic rings. The number of carbonyl (C=O) groups is 3. The summed E-state index contributed by atoms with van der Waals surface area (Å²) in [6, 6.07) is 18.9. The van der Waals surface area contributed by atoms with Crippen LogP contribution < -0.4 is 16.0 Å². The van der Waals surface area contributed by atoms with Crippen molar-refractivity contribution in [3.05, 3.63) is 157 Å². The Morgan fingerprint density at radius 2 is 1.46 bits per heavy atom. The monoisotopic (exact) mass is 820 g/mol. The van der Waals surface area contributed by atoms with Crippen molar-refractivity contribution >= 4 is 35.0 Å². The number of nitrogens with one attached hydrogen (secondary N) is 3. The van der Waals surface area contributed by atoms with Gasteiger partial charge in [0.2, 0.25) is 17.8 Å². The van der Waals surface area contributed by atoms with E-state index in [0.717, 1.165) is 92.7 Å². The summed E-state index contributed by atoms with van der Waals surface area (Å²) >= 11 is 0. The predicted molar refractivity (Wildman–Crippen MR) is 247 cm³/mol. The van der Waals surface area contributed by atoms with Gasteiger partial charge < -0.3 is 20.9 Å². The van der Waals surface area contributed by atoms with Gasteiger partial charge in [0.15, 0.2) is 0 Å². The summed E-state index contributed by atoms with van der Waals surface area (Å²) in [5.74, 6) is 0.0909. The molecule has 3 heterocycles. The molecule has 0 unspecified atom stereocenters. The van der Waals surface area contributed by atoms with E-state index < -0.39 is 0 Å². The highest BCUT2D eigenvalue weighted by Crippen LogP contribution is 2.25. The van der Waals surface area contributed by atoms with E-state index in [0.29, 0.717) is 36.7 Å². The van der Waals surface area contributed by atoms with Crippen molar-refractivity contribution in [1.82, 2.24) is 30.1 Å². The maximum atomic E-state index is 13.2. The number of unbranched alkanes of at least 4 members (excludes halogenated alkanes) is 1. The summed E-state index contributed by atoms with van der Waals surface area (Å²) in [6.45, 7) is 7.55. The molecule has 0 saturated carbocycles. The Bertz CT molecular complexity index is 2140.